The Kier molecular flexibility index (Phi) is 5.81. The Labute approximate surface area is 172 Å². The van der Waals surface area contributed by atoms with Crippen LogP contribution in [0.25, 0.3) is 16.8 Å². The lowest BCUT2D eigenvalue weighted by atomic mass is 10.1. The fourth-order valence-corrected chi connectivity index (χ4v) is 3.47. The Hall–Kier alpha value is -2.86. The molecule has 0 saturated carbocycles. The van der Waals surface area contributed by atoms with Crippen molar-refractivity contribution in [3.05, 3.63) is 55.1 Å². The normalized spacial score (nSPS) is 15.1. The second kappa shape index (κ2) is 8.66. The van der Waals surface area contributed by atoms with Crippen LogP contribution < -0.4 is 9.64 Å². The van der Waals surface area contributed by atoms with E-state index < -0.39 is 0 Å². The zero-order valence-corrected chi connectivity index (χ0v) is 17.5. The first-order valence-electron chi connectivity index (χ1n) is 10.3. The molecule has 2 aromatic heterocycles. The molecular formula is C23H29N5O. The summed E-state index contributed by atoms with van der Waals surface area (Å²) in [6.45, 7) is 9.31. The molecule has 0 amide bonds. The molecule has 0 atom stereocenters. The molecule has 3 heterocycles. The van der Waals surface area contributed by atoms with Crippen LogP contribution in [0.3, 0.4) is 0 Å². The van der Waals surface area contributed by atoms with Gasteiger partial charge in [-0.15, -0.1) is 0 Å². The van der Waals surface area contributed by atoms with Gasteiger partial charge in [0.2, 0.25) is 0 Å². The van der Waals surface area contributed by atoms with Crippen LogP contribution in [0.4, 0.5) is 5.69 Å². The number of ether oxygens (including phenoxy) is 1. The second-order valence-electron chi connectivity index (χ2n) is 8.06. The summed E-state index contributed by atoms with van der Waals surface area (Å²) in [4.78, 5) is 9.02. The summed E-state index contributed by atoms with van der Waals surface area (Å²) in [5.74, 6) is 1.26. The minimum absolute atomic E-state index is 0.463. The van der Waals surface area contributed by atoms with Gasteiger partial charge in [0.25, 0.3) is 0 Å². The minimum Gasteiger partial charge on any atom is -0.491 e. The van der Waals surface area contributed by atoms with E-state index >= 15 is 0 Å². The maximum atomic E-state index is 5.95. The summed E-state index contributed by atoms with van der Waals surface area (Å²) >= 11 is 0. The molecule has 0 bridgehead atoms. The number of likely N-dealkylation sites (N-methyl/N-ethyl adjacent to an activating group) is 1. The Morgan fingerprint density at radius 3 is 2.41 bits per heavy atom. The molecule has 1 aliphatic heterocycles. The molecule has 1 aromatic carbocycles. The molecular weight excluding hydrogens is 362 g/mol. The van der Waals surface area contributed by atoms with E-state index in [-0.39, 0.29) is 0 Å². The van der Waals surface area contributed by atoms with E-state index in [4.69, 9.17) is 4.74 Å². The minimum atomic E-state index is 0.463. The molecule has 3 aromatic rings. The van der Waals surface area contributed by atoms with Crippen LogP contribution in [-0.2, 0) is 0 Å². The Morgan fingerprint density at radius 1 is 0.966 bits per heavy atom. The fourth-order valence-electron chi connectivity index (χ4n) is 3.47. The Bertz CT molecular complexity index is 926. The maximum absolute atomic E-state index is 5.95. The summed E-state index contributed by atoms with van der Waals surface area (Å²) in [7, 11) is 2.18. The number of nitrogens with zero attached hydrogens (tertiary/aromatic N) is 5. The number of rotatable bonds is 6. The highest BCUT2D eigenvalue weighted by molar-refractivity contribution is 5.68. The van der Waals surface area contributed by atoms with Gasteiger partial charge in [-0.25, -0.2) is 4.68 Å². The van der Waals surface area contributed by atoms with Gasteiger partial charge in [0, 0.05) is 55.4 Å². The summed E-state index contributed by atoms with van der Waals surface area (Å²) in [5, 5.41) is 4.57. The van der Waals surface area contributed by atoms with Crippen molar-refractivity contribution >= 4 is 5.69 Å². The number of benzene rings is 1. The summed E-state index contributed by atoms with van der Waals surface area (Å²) in [5.41, 5.74) is 4.36. The molecule has 152 valence electrons. The fraction of sp³-hybridized carbons (Fsp3) is 0.391. The van der Waals surface area contributed by atoms with E-state index in [9.17, 15) is 0 Å². The van der Waals surface area contributed by atoms with Gasteiger partial charge in [0.05, 0.1) is 24.7 Å². The molecule has 0 unspecified atom stereocenters. The smallest absolute Gasteiger partial charge is 0.145 e. The largest absolute Gasteiger partial charge is 0.491 e. The number of aromatic nitrogens is 3. The third-order valence-corrected chi connectivity index (χ3v) is 5.23. The number of piperazine rings is 1. The topological polar surface area (TPSA) is 46.4 Å². The lowest BCUT2D eigenvalue weighted by molar-refractivity contribution is 0.271. The van der Waals surface area contributed by atoms with Crippen molar-refractivity contribution in [1.82, 2.24) is 19.7 Å². The van der Waals surface area contributed by atoms with Crippen LogP contribution in [0.1, 0.15) is 13.8 Å². The third-order valence-electron chi connectivity index (χ3n) is 5.23. The van der Waals surface area contributed by atoms with E-state index in [0.717, 1.165) is 48.7 Å². The molecule has 1 saturated heterocycles. The van der Waals surface area contributed by atoms with Gasteiger partial charge < -0.3 is 14.5 Å². The average Bonchev–Trinajstić information content (AvgIpc) is 3.23. The molecule has 4 rings (SSSR count). The molecule has 6 nitrogen and oxygen atoms in total. The Balaban J connectivity index is 1.51. The monoisotopic (exact) mass is 391 g/mol. The van der Waals surface area contributed by atoms with Crippen molar-refractivity contribution in [2.75, 3.05) is 44.7 Å². The molecule has 29 heavy (non-hydrogen) atoms. The van der Waals surface area contributed by atoms with Crippen LogP contribution in [0.2, 0.25) is 0 Å². The van der Waals surface area contributed by atoms with Gasteiger partial charge >= 0.3 is 0 Å². The third kappa shape index (κ3) is 4.59. The molecule has 1 aliphatic rings. The quantitative estimate of drug-likeness (QED) is 0.641. The van der Waals surface area contributed by atoms with Gasteiger partial charge in [-0.3, -0.25) is 4.98 Å². The summed E-state index contributed by atoms with van der Waals surface area (Å²) in [6, 6.07) is 10.6. The second-order valence-corrected chi connectivity index (χ2v) is 8.06. The Morgan fingerprint density at radius 2 is 1.69 bits per heavy atom. The standard InChI is InChI=1S/C23H29N5O/c1-18(2)17-29-23-15-24-9-8-22(23)19-14-25-28(16-19)21-6-4-20(5-7-21)27-12-10-26(3)11-13-27/h4-9,14-16,18H,10-13,17H2,1-3H3. The molecule has 0 N–H and O–H groups in total. The first kappa shape index (κ1) is 19.5. The van der Waals surface area contributed by atoms with Gasteiger partial charge in [-0.05, 0) is 43.3 Å². The lowest BCUT2D eigenvalue weighted by Gasteiger charge is -2.34. The van der Waals surface area contributed by atoms with E-state index in [1.54, 1.807) is 12.4 Å². The summed E-state index contributed by atoms with van der Waals surface area (Å²) in [6.07, 6.45) is 7.49. The predicted octanol–water partition coefficient (Wildman–Crippen LogP) is 3.72. The van der Waals surface area contributed by atoms with Gasteiger partial charge in [-0.1, -0.05) is 13.8 Å². The summed E-state index contributed by atoms with van der Waals surface area (Å²) < 4.78 is 7.86. The van der Waals surface area contributed by atoms with Gasteiger partial charge in [0.1, 0.15) is 5.75 Å². The first-order chi connectivity index (χ1) is 14.1. The molecule has 6 heteroatoms. The molecule has 0 spiro atoms. The predicted molar refractivity (Wildman–Crippen MR) is 117 cm³/mol. The number of hydrogen-bond acceptors (Lipinski definition) is 5. The van der Waals surface area contributed by atoms with Crippen LogP contribution >= 0.6 is 0 Å². The highest BCUT2D eigenvalue weighted by atomic mass is 16.5. The van der Waals surface area contributed by atoms with Crippen LogP contribution in [0.5, 0.6) is 5.75 Å². The van der Waals surface area contributed by atoms with E-state index in [1.807, 2.05) is 23.1 Å². The number of pyridine rings is 1. The van der Waals surface area contributed by atoms with E-state index in [2.05, 4.69) is 65.0 Å². The SMILES string of the molecule is CC(C)COc1cnccc1-c1cnn(-c2ccc(N3CCN(C)CC3)cc2)c1. The molecule has 0 aliphatic carbocycles. The van der Waals surface area contributed by atoms with Crippen molar-refractivity contribution in [2.24, 2.45) is 5.92 Å². The van der Waals surface area contributed by atoms with Crippen molar-refractivity contribution < 1.29 is 4.74 Å². The highest BCUT2D eigenvalue weighted by Crippen LogP contribution is 2.30. The van der Waals surface area contributed by atoms with E-state index in [1.165, 1.54) is 5.69 Å². The zero-order valence-electron chi connectivity index (χ0n) is 17.5. The maximum Gasteiger partial charge on any atom is 0.145 e. The molecule has 0 radical (unpaired) electrons. The van der Waals surface area contributed by atoms with Crippen molar-refractivity contribution in [1.29, 1.82) is 0 Å². The van der Waals surface area contributed by atoms with E-state index in [0.29, 0.717) is 12.5 Å². The number of hydrogen-bond donors (Lipinski definition) is 0. The average molecular weight is 392 g/mol. The van der Waals surface area contributed by atoms with Crippen LogP contribution in [0.15, 0.2) is 55.1 Å². The van der Waals surface area contributed by atoms with Crippen molar-refractivity contribution in [3.8, 4) is 22.6 Å². The number of anilines is 1. The lowest BCUT2D eigenvalue weighted by Crippen LogP contribution is -2.44. The van der Waals surface area contributed by atoms with Crippen LogP contribution in [-0.4, -0.2) is 59.5 Å². The highest BCUT2D eigenvalue weighted by Gasteiger charge is 2.15. The van der Waals surface area contributed by atoms with Crippen molar-refractivity contribution in [2.45, 2.75) is 13.8 Å². The van der Waals surface area contributed by atoms with Gasteiger partial charge in [0.15, 0.2) is 0 Å². The first-order valence-corrected chi connectivity index (χ1v) is 10.3. The molecule has 1 fully saturated rings. The van der Waals surface area contributed by atoms with Gasteiger partial charge in [-0.2, -0.15) is 5.10 Å². The van der Waals surface area contributed by atoms with Crippen LogP contribution in [0, 0.1) is 5.92 Å². The van der Waals surface area contributed by atoms with Crippen molar-refractivity contribution in [3.63, 3.8) is 0 Å². The zero-order chi connectivity index (χ0) is 20.2.